The summed E-state index contributed by atoms with van der Waals surface area (Å²) in [7, 11) is 0. The maximum absolute atomic E-state index is 12.9. The molecule has 0 amide bonds. The molecule has 0 aromatic heterocycles. The van der Waals surface area contributed by atoms with E-state index in [1.54, 1.807) is 12.1 Å². The molecule has 1 aliphatic rings. The summed E-state index contributed by atoms with van der Waals surface area (Å²) in [5, 5.41) is 3.68. The number of hydrogen-bond donors (Lipinski definition) is 1. The highest BCUT2D eigenvalue weighted by Crippen LogP contribution is 2.14. The highest BCUT2D eigenvalue weighted by Gasteiger charge is 2.19. The number of hydrogen-bond acceptors (Lipinski definition) is 2. The molecule has 1 aromatic carbocycles. The highest BCUT2D eigenvalue weighted by molar-refractivity contribution is 5.16. The summed E-state index contributed by atoms with van der Waals surface area (Å²) in [4.78, 5) is 2.48. The van der Waals surface area contributed by atoms with Gasteiger partial charge in [0.2, 0.25) is 0 Å². The van der Waals surface area contributed by atoms with Crippen LogP contribution in [0.25, 0.3) is 0 Å². The first-order chi connectivity index (χ1) is 9.63. The molecule has 2 rings (SSSR count). The van der Waals surface area contributed by atoms with Crippen molar-refractivity contribution in [3.8, 4) is 0 Å². The number of nitrogens with zero attached hydrogens (tertiary/aromatic N) is 1. The molecule has 0 spiro atoms. The number of likely N-dealkylation sites (tertiary alicyclic amines) is 1. The van der Waals surface area contributed by atoms with Gasteiger partial charge in [-0.05, 0) is 56.0 Å². The van der Waals surface area contributed by atoms with Gasteiger partial charge in [0.25, 0.3) is 0 Å². The van der Waals surface area contributed by atoms with Crippen molar-refractivity contribution in [1.82, 2.24) is 10.2 Å². The molecule has 1 N–H and O–H groups in total. The highest BCUT2D eigenvalue weighted by atomic mass is 19.1. The molecule has 1 aromatic rings. The van der Waals surface area contributed by atoms with E-state index in [2.05, 4.69) is 24.1 Å². The van der Waals surface area contributed by atoms with E-state index in [4.69, 9.17) is 0 Å². The molecular formula is C17H27FN2. The predicted octanol–water partition coefficient (Wildman–Crippen LogP) is 3.43. The van der Waals surface area contributed by atoms with Gasteiger partial charge in [-0.15, -0.1) is 0 Å². The van der Waals surface area contributed by atoms with Crippen molar-refractivity contribution in [3.05, 3.63) is 35.6 Å². The molecule has 0 saturated carbocycles. The van der Waals surface area contributed by atoms with Crippen LogP contribution in [0.5, 0.6) is 0 Å². The average Bonchev–Trinajstić information content (AvgIpc) is 2.41. The Kier molecular flexibility index (Phi) is 5.99. The lowest BCUT2D eigenvalue weighted by Gasteiger charge is -2.33. The maximum atomic E-state index is 12.9. The molecule has 1 fully saturated rings. The van der Waals surface area contributed by atoms with Crippen LogP contribution in [0.3, 0.4) is 0 Å². The summed E-state index contributed by atoms with van der Waals surface area (Å²) >= 11 is 0. The van der Waals surface area contributed by atoms with Crippen molar-refractivity contribution >= 4 is 0 Å². The van der Waals surface area contributed by atoms with Gasteiger partial charge in [0.1, 0.15) is 5.82 Å². The second-order valence-corrected chi connectivity index (χ2v) is 6.34. The second-order valence-electron chi connectivity index (χ2n) is 6.34. The molecular weight excluding hydrogens is 251 g/mol. The number of benzene rings is 1. The van der Waals surface area contributed by atoms with Gasteiger partial charge in [-0.1, -0.05) is 26.0 Å². The standard InChI is InChI=1S/C17H27FN2/c1-14(2)9-10-19-17-4-3-11-20(13-17)12-15-5-7-16(18)8-6-15/h5-8,14,17,19H,3-4,9-13H2,1-2H3. The van der Waals surface area contributed by atoms with Gasteiger partial charge in [-0.25, -0.2) is 4.39 Å². The minimum absolute atomic E-state index is 0.152. The summed E-state index contributed by atoms with van der Waals surface area (Å²) in [6, 6.07) is 7.51. The molecule has 0 radical (unpaired) electrons. The van der Waals surface area contributed by atoms with Crippen LogP contribution in [-0.2, 0) is 6.54 Å². The number of piperidine rings is 1. The molecule has 3 heteroatoms. The van der Waals surface area contributed by atoms with Crippen LogP contribution in [0.2, 0.25) is 0 Å². The molecule has 2 nitrogen and oxygen atoms in total. The van der Waals surface area contributed by atoms with Gasteiger partial charge in [0, 0.05) is 19.1 Å². The van der Waals surface area contributed by atoms with Crippen molar-refractivity contribution < 1.29 is 4.39 Å². The molecule has 1 unspecified atom stereocenters. The fraction of sp³-hybridized carbons (Fsp3) is 0.647. The first-order valence-electron chi connectivity index (χ1n) is 7.83. The predicted molar refractivity (Wildman–Crippen MR) is 82.2 cm³/mol. The van der Waals surface area contributed by atoms with E-state index in [-0.39, 0.29) is 5.82 Å². The zero-order chi connectivity index (χ0) is 14.4. The lowest BCUT2D eigenvalue weighted by atomic mass is 10.0. The van der Waals surface area contributed by atoms with Gasteiger partial charge >= 0.3 is 0 Å². The van der Waals surface area contributed by atoms with Gasteiger partial charge in [-0.3, -0.25) is 4.90 Å². The molecule has 1 heterocycles. The molecule has 1 atom stereocenters. The summed E-state index contributed by atoms with van der Waals surface area (Å²) < 4.78 is 12.9. The lowest BCUT2D eigenvalue weighted by molar-refractivity contribution is 0.182. The third-order valence-electron chi connectivity index (χ3n) is 3.98. The monoisotopic (exact) mass is 278 g/mol. The zero-order valence-corrected chi connectivity index (χ0v) is 12.7. The normalized spacial score (nSPS) is 20.5. The SMILES string of the molecule is CC(C)CCNC1CCCN(Cc2ccc(F)cc2)C1. The Morgan fingerprint density at radius 3 is 2.75 bits per heavy atom. The Labute approximate surface area is 122 Å². The van der Waals surface area contributed by atoms with Crippen molar-refractivity contribution in [2.75, 3.05) is 19.6 Å². The minimum atomic E-state index is -0.152. The zero-order valence-electron chi connectivity index (χ0n) is 12.7. The smallest absolute Gasteiger partial charge is 0.123 e. The van der Waals surface area contributed by atoms with Crippen LogP contribution < -0.4 is 5.32 Å². The minimum Gasteiger partial charge on any atom is -0.313 e. The Balaban J connectivity index is 1.76. The maximum Gasteiger partial charge on any atom is 0.123 e. The van der Waals surface area contributed by atoms with Crippen LogP contribution in [0.1, 0.15) is 38.7 Å². The Morgan fingerprint density at radius 1 is 1.30 bits per heavy atom. The van der Waals surface area contributed by atoms with Crippen molar-refractivity contribution in [2.45, 2.75) is 45.7 Å². The topological polar surface area (TPSA) is 15.3 Å². The van der Waals surface area contributed by atoms with Gasteiger partial charge in [-0.2, -0.15) is 0 Å². The molecule has 1 saturated heterocycles. The van der Waals surface area contributed by atoms with E-state index in [9.17, 15) is 4.39 Å². The fourth-order valence-electron chi connectivity index (χ4n) is 2.79. The quantitative estimate of drug-likeness (QED) is 0.857. The summed E-state index contributed by atoms with van der Waals surface area (Å²) in [6.45, 7) is 8.84. The van der Waals surface area contributed by atoms with E-state index in [1.165, 1.54) is 24.8 Å². The van der Waals surface area contributed by atoms with E-state index < -0.39 is 0 Å². The molecule has 112 valence electrons. The third kappa shape index (κ3) is 5.22. The van der Waals surface area contributed by atoms with Gasteiger partial charge < -0.3 is 5.32 Å². The van der Waals surface area contributed by atoms with Crippen molar-refractivity contribution in [3.63, 3.8) is 0 Å². The second kappa shape index (κ2) is 7.75. The molecule has 1 aliphatic heterocycles. The largest absolute Gasteiger partial charge is 0.313 e. The summed E-state index contributed by atoms with van der Waals surface area (Å²) in [6.07, 6.45) is 3.77. The first kappa shape index (κ1) is 15.5. The molecule has 0 bridgehead atoms. The Hall–Kier alpha value is -0.930. The third-order valence-corrected chi connectivity index (χ3v) is 3.98. The first-order valence-corrected chi connectivity index (χ1v) is 7.83. The fourth-order valence-corrected chi connectivity index (χ4v) is 2.79. The molecule has 0 aliphatic carbocycles. The van der Waals surface area contributed by atoms with Crippen LogP contribution in [0, 0.1) is 11.7 Å². The Morgan fingerprint density at radius 2 is 2.05 bits per heavy atom. The number of nitrogens with one attached hydrogen (secondary N) is 1. The van der Waals surface area contributed by atoms with E-state index >= 15 is 0 Å². The van der Waals surface area contributed by atoms with Gasteiger partial charge in [0.15, 0.2) is 0 Å². The Bertz CT molecular complexity index is 388. The lowest BCUT2D eigenvalue weighted by Crippen LogP contribution is -2.45. The van der Waals surface area contributed by atoms with Crippen LogP contribution in [0.15, 0.2) is 24.3 Å². The molecule has 20 heavy (non-hydrogen) atoms. The summed E-state index contributed by atoms with van der Waals surface area (Å²) in [5.41, 5.74) is 1.20. The number of rotatable bonds is 6. The number of halogens is 1. The van der Waals surface area contributed by atoms with Crippen molar-refractivity contribution in [2.24, 2.45) is 5.92 Å². The van der Waals surface area contributed by atoms with Crippen LogP contribution in [0.4, 0.5) is 4.39 Å². The van der Waals surface area contributed by atoms with Gasteiger partial charge in [0.05, 0.1) is 0 Å². The van der Waals surface area contributed by atoms with Crippen LogP contribution in [-0.4, -0.2) is 30.6 Å². The average molecular weight is 278 g/mol. The van der Waals surface area contributed by atoms with E-state index in [0.29, 0.717) is 6.04 Å². The van der Waals surface area contributed by atoms with E-state index in [1.807, 2.05) is 12.1 Å². The van der Waals surface area contributed by atoms with Crippen LogP contribution >= 0.6 is 0 Å². The summed E-state index contributed by atoms with van der Waals surface area (Å²) in [5.74, 6) is 0.613. The van der Waals surface area contributed by atoms with E-state index in [0.717, 1.165) is 32.1 Å². The van der Waals surface area contributed by atoms with Crippen molar-refractivity contribution in [1.29, 1.82) is 0 Å².